The first-order valence-electron chi connectivity index (χ1n) is 10.2. The summed E-state index contributed by atoms with van der Waals surface area (Å²) < 4.78 is 56.7. The highest BCUT2D eigenvalue weighted by Crippen LogP contribution is 2.31. The van der Waals surface area contributed by atoms with Gasteiger partial charge in [-0.3, -0.25) is 4.79 Å². The summed E-state index contributed by atoms with van der Waals surface area (Å²) in [5, 5.41) is 8.44. The maximum atomic E-state index is 13.1. The Morgan fingerprint density at radius 3 is 2.30 bits per heavy atom. The molecule has 0 aliphatic carbocycles. The molecule has 0 atom stereocenters. The minimum Gasteiger partial charge on any atom is -0.484 e. The highest BCUT2D eigenvalue weighted by molar-refractivity contribution is 5.78. The number of rotatable bonds is 5. The largest absolute Gasteiger partial charge is 0.484 e. The van der Waals surface area contributed by atoms with Crippen LogP contribution in [0.5, 0.6) is 5.75 Å². The van der Waals surface area contributed by atoms with Crippen molar-refractivity contribution in [2.24, 2.45) is 0 Å². The molecule has 1 fully saturated rings. The summed E-state index contributed by atoms with van der Waals surface area (Å²) in [6.07, 6.45) is -4.47. The summed E-state index contributed by atoms with van der Waals surface area (Å²) in [6, 6.07) is 14.0. The predicted molar refractivity (Wildman–Crippen MR) is 113 cm³/mol. The van der Waals surface area contributed by atoms with E-state index in [0.717, 1.165) is 17.7 Å². The molecule has 1 aliphatic heterocycles. The summed E-state index contributed by atoms with van der Waals surface area (Å²) in [4.78, 5) is 16.0. The van der Waals surface area contributed by atoms with Gasteiger partial charge in [0.1, 0.15) is 11.6 Å². The van der Waals surface area contributed by atoms with E-state index in [2.05, 4.69) is 10.2 Å². The van der Waals surface area contributed by atoms with Gasteiger partial charge >= 0.3 is 6.18 Å². The van der Waals surface area contributed by atoms with Crippen molar-refractivity contribution < 1.29 is 27.1 Å². The zero-order valence-corrected chi connectivity index (χ0v) is 17.4. The van der Waals surface area contributed by atoms with E-state index in [4.69, 9.17) is 4.74 Å². The van der Waals surface area contributed by atoms with Gasteiger partial charge in [-0.1, -0.05) is 6.07 Å². The first-order valence-corrected chi connectivity index (χ1v) is 10.2. The number of carbonyl (C=O) groups excluding carboxylic acids is 1. The molecule has 0 bridgehead atoms. The van der Waals surface area contributed by atoms with E-state index < -0.39 is 11.7 Å². The number of benzene rings is 2. The van der Waals surface area contributed by atoms with Crippen molar-refractivity contribution in [3.63, 3.8) is 0 Å². The van der Waals surface area contributed by atoms with Gasteiger partial charge < -0.3 is 14.5 Å². The lowest BCUT2D eigenvalue weighted by Crippen LogP contribution is -2.50. The zero-order chi connectivity index (χ0) is 23.4. The highest BCUT2D eigenvalue weighted by Gasteiger charge is 2.30. The first-order chi connectivity index (χ1) is 15.8. The topological polar surface area (TPSA) is 58.6 Å². The molecule has 6 nitrogen and oxygen atoms in total. The second kappa shape index (κ2) is 9.43. The van der Waals surface area contributed by atoms with Crippen LogP contribution in [0.1, 0.15) is 5.56 Å². The number of anilines is 1. The third-order valence-electron chi connectivity index (χ3n) is 5.27. The summed E-state index contributed by atoms with van der Waals surface area (Å²) in [6.45, 7) is 1.56. The van der Waals surface area contributed by atoms with Crippen molar-refractivity contribution in [3.05, 3.63) is 72.0 Å². The number of ether oxygens (including phenoxy) is 1. The van der Waals surface area contributed by atoms with E-state index in [9.17, 15) is 22.4 Å². The summed E-state index contributed by atoms with van der Waals surface area (Å²) in [5.74, 6) is 0.0299. The molecule has 2 heterocycles. The van der Waals surface area contributed by atoms with Gasteiger partial charge in [0.15, 0.2) is 12.4 Å². The van der Waals surface area contributed by atoms with Crippen LogP contribution in [-0.4, -0.2) is 53.8 Å². The van der Waals surface area contributed by atoms with Gasteiger partial charge in [-0.25, -0.2) is 4.39 Å². The van der Waals surface area contributed by atoms with Gasteiger partial charge in [-0.05, 0) is 54.6 Å². The molecule has 0 unspecified atom stereocenters. The average molecular weight is 460 g/mol. The number of hydrogen-bond acceptors (Lipinski definition) is 5. The second-order valence-corrected chi connectivity index (χ2v) is 7.47. The second-order valence-electron chi connectivity index (χ2n) is 7.47. The maximum absolute atomic E-state index is 13.1. The molecule has 33 heavy (non-hydrogen) atoms. The first kappa shape index (κ1) is 22.5. The van der Waals surface area contributed by atoms with Crippen molar-refractivity contribution >= 4 is 11.7 Å². The molecule has 0 saturated carbocycles. The van der Waals surface area contributed by atoms with Gasteiger partial charge in [0.2, 0.25) is 0 Å². The highest BCUT2D eigenvalue weighted by atomic mass is 19.4. The third-order valence-corrected chi connectivity index (χ3v) is 5.27. The molecule has 172 valence electrons. The number of halogens is 4. The minimum atomic E-state index is -4.47. The normalized spacial score (nSPS) is 14.3. The average Bonchev–Trinajstić information content (AvgIpc) is 2.83. The molecule has 1 amide bonds. The Bertz CT molecular complexity index is 1100. The smallest absolute Gasteiger partial charge is 0.416 e. The van der Waals surface area contributed by atoms with E-state index in [0.29, 0.717) is 37.7 Å². The fourth-order valence-corrected chi connectivity index (χ4v) is 3.45. The minimum absolute atomic E-state index is 0.00618. The molecule has 0 spiro atoms. The van der Waals surface area contributed by atoms with Crippen LogP contribution in [0.3, 0.4) is 0 Å². The molecule has 10 heteroatoms. The van der Waals surface area contributed by atoms with Gasteiger partial charge in [-0.2, -0.15) is 13.2 Å². The molecule has 1 aliphatic rings. The van der Waals surface area contributed by atoms with Crippen LogP contribution in [0.15, 0.2) is 60.7 Å². The van der Waals surface area contributed by atoms with Crippen molar-refractivity contribution in [2.75, 3.05) is 37.7 Å². The number of piperazine rings is 1. The summed E-state index contributed by atoms with van der Waals surface area (Å²) in [5.41, 5.74) is 0.554. The molecule has 0 radical (unpaired) electrons. The Hall–Kier alpha value is -3.69. The Morgan fingerprint density at radius 1 is 0.939 bits per heavy atom. The van der Waals surface area contributed by atoms with Crippen LogP contribution in [0, 0.1) is 5.82 Å². The van der Waals surface area contributed by atoms with Crippen LogP contribution >= 0.6 is 0 Å². The van der Waals surface area contributed by atoms with E-state index in [-0.39, 0.29) is 24.1 Å². The molecular formula is C23H20F4N4O2. The molecule has 1 aromatic heterocycles. The zero-order valence-electron chi connectivity index (χ0n) is 17.4. The van der Waals surface area contributed by atoms with Crippen molar-refractivity contribution in [1.29, 1.82) is 0 Å². The lowest BCUT2D eigenvalue weighted by Gasteiger charge is -2.35. The van der Waals surface area contributed by atoms with E-state index in [1.165, 1.54) is 24.3 Å². The number of aromatic nitrogens is 2. The summed E-state index contributed by atoms with van der Waals surface area (Å²) >= 11 is 0. The van der Waals surface area contributed by atoms with Gasteiger partial charge in [0.25, 0.3) is 5.91 Å². The van der Waals surface area contributed by atoms with Gasteiger partial charge in [-0.15, -0.1) is 10.2 Å². The fourth-order valence-electron chi connectivity index (χ4n) is 3.45. The van der Waals surface area contributed by atoms with Crippen LogP contribution in [0.2, 0.25) is 0 Å². The molecule has 0 N–H and O–H groups in total. The maximum Gasteiger partial charge on any atom is 0.416 e. The van der Waals surface area contributed by atoms with Crippen molar-refractivity contribution in [2.45, 2.75) is 6.18 Å². The van der Waals surface area contributed by atoms with Crippen LogP contribution in [0.25, 0.3) is 11.3 Å². The number of hydrogen-bond donors (Lipinski definition) is 0. The van der Waals surface area contributed by atoms with Crippen molar-refractivity contribution in [1.82, 2.24) is 15.1 Å². The Morgan fingerprint density at radius 2 is 1.67 bits per heavy atom. The quantitative estimate of drug-likeness (QED) is 0.539. The SMILES string of the molecule is O=C(COc1cccc(C(F)(F)F)c1)N1CCN(c2ccc(-c3ccc(F)cc3)nn2)CC1. The van der Waals surface area contributed by atoms with Gasteiger partial charge in [0.05, 0.1) is 11.3 Å². The van der Waals surface area contributed by atoms with E-state index in [1.54, 1.807) is 23.1 Å². The lowest BCUT2D eigenvalue weighted by atomic mass is 10.1. The van der Waals surface area contributed by atoms with Crippen molar-refractivity contribution in [3.8, 4) is 17.0 Å². The van der Waals surface area contributed by atoms with Crippen LogP contribution in [0.4, 0.5) is 23.4 Å². The van der Waals surface area contributed by atoms with E-state index >= 15 is 0 Å². The molecule has 1 saturated heterocycles. The lowest BCUT2D eigenvalue weighted by molar-refractivity contribution is -0.137. The number of carbonyl (C=O) groups is 1. The monoisotopic (exact) mass is 460 g/mol. The Balaban J connectivity index is 1.29. The summed E-state index contributed by atoms with van der Waals surface area (Å²) in [7, 11) is 0. The van der Waals surface area contributed by atoms with Crippen LogP contribution in [-0.2, 0) is 11.0 Å². The number of nitrogens with zero attached hydrogens (tertiary/aromatic N) is 4. The van der Waals surface area contributed by atoms with Gasteiger partial charge in [0, 0.05) is 31.7 Å². The Kier molecular flexibility index (Phi) is 6.43. The molecule has 4 rings (SSSR count). The third kappa shape index (κ3) is 5.57. The number of amides is 1. The van der Waals surface area contributed by atoms with E-state index in [1.807, 2.05) is 11.0 Å². The fraction of sp³-hybridized carbons (Fsp3) is 0.261. The molecule has 3 aromatic rings. The molecular weight excluding hydrogens is 440 g/mol. The predicted octanol–water partition coefficient (Wildman–Crippen LogP) is 4.03. The van der Waals surface area contributed by atoms with Crippen LogP contribution < -0.4 is 9.64 Å². The number of alkyl halides is 3. The Labute approximate surface area is 187 Å². The standard InChI is InChI=1S/C23H20F4N4O2/c24-18-6-4-16(5-7-18)20-8-9-21(29-28-20)30-10-12-31(13-11-30)22(32)15-33-19-3-1-2-17(14-19)23(25,26)27/h1-9,14H,10-13,15H2. The molecule has 2 aromatic carbocycles.